The zero-order valence-electron chi connectivity index (χ0n) is 11.8. The molecule has 20 heavy (non-hydrogen) atoms. The Morgan fingerprint density at radius 1 is 1.35 bits per heavy atom. The molecule has 1 aromatic heterocycles. The molecule has 5 nitrogen and oxygen atoms in total. The Bertz CT molecular complexity index is 614. The first-order chi connectivity index (χ1) is 9.72. The van der Waals surface area contributed by atoms with Crippen molar-refractivity contribution in [3.05, 3.63) is 47.8 Å². The van der Waals surface area contributed by atoms with Gasteiger partial charge in [0, 0.05) is 24.3 Å². The molecule has 2 heterocycles. The summed E-state index contributed by atoms with van der Waals surface area (Å²) in [6, 6.07) is 10.6. The van der Waals surface area contributed by atoms with Crippen molar-refractivity contribution in [2.24, 2.45) is 4.99 Å². The number of rotatable bonds is 3. The average molecular weight is 269 g/mol. The van der Waals surface area contributed by atoms with Crippen LogP contribution in [-0.2, 0) is 6.54 Å². The van der Waals surface area contributed by atoms with Crippen LogP contribution in [0.4, 0.5) is 0 Å². The van der Waals surface area contributed by atoms with Gasteiger partial charge in [0.25, 0.3) is 0 Å². The molecule has 1 aliphatic rings. The van der Waals surface area contributed by atoms with Gasteiger partial charge in [0.15, 0.2) is 5.96 Å². The average Bonchev–Trinajstić information content (AvgIpc) is 3.04. The van der Waals surface area contributed by atoms with E-state index in [-0.39, 0.29) is 0 Å². The second-order valence-electron chi connectivity index (χ2n) is 5.11. The first kappa shape index (κ1) is 12.7. The van der Waals surface area contributed by atoms with E-state index in [1.54, 1.807) is 0 Å². The number of benzene rings is 1. The van der Waals surface area contributed by atoms with E-state index in [4.69, 9.17) is 0 Å². The molecule has 0 bridgehead atoms. The number of nitrogens with zero attached hydrogens (tertiary/aromatic N) is 3. The molecule has 3 rings (SSSR count). The van der Waals surface area contributed by atoms with Crippen molar-refractivity contribution >= 4 is 5.96 Å². The Kier molecular flexibility index (Phi) is 3.41. The van der Waals surface area contributed by atoms with Crippen LogP contribution < -0.4 is 10.6 Å². The summed E-state index contributed by atoms with van der Waals surface area (Å²) in [6.07, 6.45) is 2.07. The lowest BCUT2D eigenvalue weighted by molar-refractivity contribution is 0.713. The number of hydrogen-bond acceptors (Lipinski definition) is 4. The Hall–Kier alpha value is -2.30. The van der Waals surface area contributed by atoms with Gasteiger partial charge in [-0.3, -0.25) is 4.99 Å². The van der Waals surface area contributed by atoms with Crippen LogP contribution >= 0.6 is 0 Å². The van der Waals surface area contributed by atoms with E-state index in [0.29, 0.717) is 6.04 Å². The van der Waals surface area contributed by atoms with Crippen LogP contribution in [0.1, 0.15) is 18.2 Å². The van der Waals surface area contributed by atoms with Crippen LogP contribution in [0.5, 0.6) is 0 Å². The molecule has 1 unspecified atom stereocenters. The molecule has 0 saturated heterocycles. The molecule has 0 radical (unpaired) electrons. The third kappa shape index (κ3) is 2.66. The van der Waals surface area contributed by atoms with E-state index in [1.165, 1.54) is 5.56 Å². The second kappa shape index (κ2) is 5.36. The van der Waals surface area contributed by atoms with Gasteiger partial charge >= 0.3 is 0 Å². The Morgan fingerprint density at radius 2 is 2.15 bits per heavy atom. The SMILES string of the molecule is Cc1nn(-c2ccccc2)cc1CNC1=NCC(C)N1. The van der Waals surface area contributed by atoms with Crippen molar-refractivity contribution in [2.75, 3.05) is 6.54 Å². The molecule has 5 heteroatoms. The molecule has 1 aliphatic heterocycles. The zero-order valence-corrected chi connectivity index (χ0v) is 11.8. The van der Waals surface area contributed by atoms with Crippen molar-refractivity contribution < 1.29 is 0 Å². The maximum Gasteiger partial charge on any atom is 0.191 e. The minimum Gasteiger partial charge on any atom is -0.352 e. The van der Waals surface area contributed by atoms with Gasteiger partial charge in [-0.1, -0.05) is 18.2 Å². The molecule has 0 amide bonds. The van der Waals surface area contributed by atoms with Crippen LogP contribution in [0, 0.1) is 6.92 Å². The molecular weight excluding hydrogens is 250 g/mol. The second-order valence-corrected chi connectivity index (χ2v) is 5.11. The number of para-hydroxylation sites is 1. The number of aromatic nitrogens is 2. The van der Waals surface area contributed by atoms with Crippen molar-refractivity contribution in [1.29, 1.82) is 0 Å². The van der Waals surface area contributed by atoms with Gasteiger partial charge in [-0.2, -0.15) is 5.10 Å². The van der Waals surface area contributed by atoms with Crippen molar-refractivity contribution in [2.45, 2.75) is 26.4 Å². The maximum absolute atomic E-state index is 4.56. The first-order valence-corrected chi connectivity index (χ1v) is 6.88. The van der Waals surface area contributed by atoms with Gasteiger partial charge in [-0.05, 0) is 26.0 Å². The van der Waals surface area contributed by atoms with Crippen LogP contribution in [0.3, 0.4) is 0 Å². The van der Waals surface area contributed by atoms with Crippen molar-refractivity contribution in [1.82, 2.24) is 20.4 Å². The summed E-state index contributed by atoms with van der Waals surface area (Å²) in [5.41, 5.74) is 3.29. The standard InChI is InChI=1S/C15H19N5/c1-11-8-16-15(18-11)17-9-13-10-20(19-12(13)2)14-6-4-3-5-7-14/h3-7,10-11H,8-9H2,1-2H3,(H2,16,17,18). The van der Waals surface area contributed by atoms with E-state index in [1.807, 2.05) is 41.9 Å². The molecule has 0 fully saturated rings. The largest absolute Gasteiger partial charge is 0.352 e. The van der Waals surface area contributed by atoms with E-state index < -0.39 is 0 Å². The van der Waals surface area contributed by atoms with Gasteiger partial charge in [0.05, 0.1) is 17.9 Å². The summed E-state index contributed by atoms with van der Waals surface area (Å²) in [5.74, 6) is 0.879. The number of nitrogens with one attached hydrogen (secondary N) is 2. The number of aryl methyl sites for hydroxylation is 1. The predicted octanol–water partition coefficient (Wildman–Crippen LogP) is 1.62. The summed E-state index contributed by atoms with van der Waals surface area (Å²) < 4.78 is 1.92. The molecule has 0 saturated carbocycles. The first-order valence-electron chi connectivity index (χ1n) is 6.88. The zero-order chi connectivity index (χ0) is 13.9. The molecule has 0 spiro atoms. The topological polar surface area (TPSA) is 54.2 Å². The van der Waals surface area contributed by atoms with E-state index >= 15 is 0 Å². The highest BCUT2D eigenvalue weighted by molar-refractivity contribution is 5.81. The molecule has 2 N–H and O–H groups in total. The van der Waals surface area contributed by atoms with Crippen molar-refractivity contribution in [3.8, 4) is 5.69 Å². The third-order valence-corrected chi connectivity index (χ3v) is 3.37. The summed E-state index contributed by atoms with van der Waals surface area (Å²) >= 11 is 0. The highest BCUT2D eigenvalue weighted by Crippen LogP contribution is 2.11. The monoisotopic (exact) mass is 269 g/mol. The normalized spacial score (nSPS) is 17.7. The summed E-state index contributed by atoms with van der Waals surface area (Å²) in [4.78, 5) is 4.39. The quantitative estimate of drug-likeness (QED) is 0.890. The van der Waals surface area contributed by atoms with Crippen LogP contribution in [-0.4, -0.2) is 28.3 Å². The molecule has 0 aliphatic carbocycles. The van der Waals surface area contributed by atoms with Crippen LogP contribution in [0.25, 0.3) is 5.69 Å². The fourth-order valence-electron chi connectivity index (χ4n) is 2.22. The fraction of sp³-hybridized carbons (Fsp3) is 0.333. The van der Waals surface area contributed by atoms with E-state index in [9.17, 15) is 0 Å². The summed E-state index contributed by atoms with van der Waals surface area (Å²) in [7, 11) is 0. The fourth-order valence-corrected chi connectivity index (χ4v) is 2.22. The minimum atomic E-state index is 0.422. The van der Waals surface area contributed by atoms with Gasteiger partial charge in [0.1, 0.15) is 0 Å². The number of guanidine groups is 1. The van der Waals surface area contributed by atoms with E-state index in [0.717, 1.165) is 30.4 Å². The Labute approximate surface area is 118 Å². The summed E-state index contributed by atoms with van der Waals surface area (Å²) in [5, 5.41) is 11.2. The van der Waals surface area contributed by atoms with E-state index in [2.05, 4.69) is 33.8 Å². The highest BCUT2D eigenvalue weighted by atomic mass is 15.3. The van der Waals surface area contributed by atoms with Crippen LogP contribution in [0.15, 0.2) is 41.5 Å². The lowest BCUT2D eigenvalue weighted by Crippen LogP contribution is -2.37. The minimum absolute atomic E-state index is 0.422. The maximum atomic E-state index is 4.56. The van der Waals surface area contributed by atoms with Gasteiger partial charge in [-0.15, -0.1) is 0 Å². The predicted molar refractivity (Wildman–Crippen MR) is 80.0 cm³/mol. The molecular formula is C15H19N5. The molecule has 1 aromatic carbocycles. The molecule has 1 atom stereocenters. The lowest BCUT2D eigenvalue weighted by atomic mass is 10.2. The number of aliphatic imine (C=N–C) groups is 1. The Morgan fingerprint density at radius 3 is 2.85 bits per heavy atom. The lowest BCUT2D eigenvalue weighted by Gasteiger charge is -2.07. The highest BCUT2D eigenvalue weighted by Gasteiger charge is 2.13. The van der Waals surface area contributed by atoms with Crippen molar-refractivity contribution in [3.63, 3.8) is 0 Å². The third-order valence-electron chi connectivity index (χ3n) is 3.37. The Balaban J connectivity index is 1.70. The van der Waals surface area contributed by atoms with Gasteiger partial charge in [-0.25, -0.2) is 4.68 Å². The van der Waals surface area contributed by atoms with Gasteiger partial charge in [0.2, 0.25) is 0 Å². The smallest absolute Gasteiger partial charge is 0.191 e. The molecule has 104 valence electrons. The number of hydrogen-bond donors (Lipinski definition) is 2. The summed E-state index contributed by atoms with van der Waals surface area (Å²) in [6.45, 7) is 5.72. The van der Waals surface area contributed by atoms with Crippen LogP contribution in [0.2, 0.25) is 0 Å². The molecule has 2 aromatic rings. The van der Waals surface area contributed by atoms with Gasteiger partial charge < -0.3 is 10.6 Å².